The van der Waals surface area contributed by atoms with Crippen LogP contribution in [0.1, 0.15) is 20.8 Å². The number of nitrogens with zero attached hydrogens (tertiary/aromatic N) is 2. The lowest BCUT2D eigenvalue weighted by atomic mass is 10.0. The van der Waals surface area contributed by atoms with E-state index in [2.05, 4.69) is 24.1 Å². The summed E-state index contributed by atoms with van der Waals surface area (Å²) >= 11 is 0. The number of hydrogen-bond acceptors (Lipinski definition) is 4. The van der Waals surface area contributed by atoms with Crippen molar-refractivity contribution in [2.45, 2.75) is 38.4 Å². The Hall–Kier alpha value is -0.850. The first-order valence-corrected chi connectivity index (χ1v) is 6.96. The molecule has 2 fully saturated rings. The summed E-state index contributed by atoms with van der Waals surface area (Å²) in [5.74, 6) is 0. The molecule has 0 aliphatic carbocycles. The second-order valence-electron chi connectivity index (χ2n) is 6.20. The van der Waals surface area contributed by atoms with Crippen molar-refractivity contribution in [3.8, 4) is 0 Å². The number of carbonyl (C=O) groups is 1. The van der Waals surface area contributed by atoms with E-state index < -0.39 is 6.09 Å². The number of carboxylic acid groups (broad SMARTS) is 1. The highest BCUT2D eigenvalue weighted by atomic mass is 16.5. The molecule has 6 heteroatoms. The van der Waals surface area contributed by atoms with Gasteiger partial charge in [-0.2, -0.15) is 0 Å². The van der Waals surface area contributed by atoms with Crippen molar-refractivity contribution in [3.05, 3.63) is 0 Å². The predicted octanol–water partition coefficient (Wildman–Crippen LogP) is 0.438. The Morgan fingerprint density at radius 3 is 2.89 bits per heavy atom. The van der Waals surface area contributed by atoms with Gasteiger partial charge in [0.05, 0.1) is 13.2 Å². The van der Waals surface area contributed by atoms with Crippen molar-refractivity contribution < 1.29 is 14.6 Å². The number of ether oxygens (including phenoxy) is 1. The molecular formula is C13H25N3O3. The first kappa shape index (κ1) is 14.6. The number of hydrogen-bond donors (Lipinski definition) is 2. The maximum atomic E-state index is 11.2. The van der Waals surface area contributed by atoms with Crippen LogP contribution in [0, 0.1) is 0 Å². The predicted molar refractivity (Wildman–Crippen MR) is 72.5 cm³/mol. The second-order valence-corrected chi connectivity index (χ2v) is 6.20. The summed E-state index contributed by atoms with van der Waals surface area (Å²) in [5, 5.41) is 12.7. The van der Waals surface area contributed by atoms with Crippen LogP contribution in [0.2, 0.25) is 0 Å². The van der Waals surface area contributed by atoms with E-state index in [4.69, 9.17) is 4.74 Å². The highest BCUT2D eigenvalue weighted by Crippen LogP contribution is 2.20. The summed E-state index contributed by atoms with van der Waals surface area (Å²) in [6, 6.07) is 0.246. The van der Waals surface area contributed by atoms with Crippen LogP contribution in [0.15, 0.2) is 0 Å². The van der Waals surface area contributed by atoms with E-state index in [1.165, 1.54) is 4.90 Å². The van der Waals surface area contributed by atoms with Crippen molar-refractivity contribution in [2.24, 2.45) is 0 Å². The highest BCUT2D eigenvalue weighted by Gasteiger charge is 2.35. The number of amides is 1. The highest BCUT2D eigenvalue weighted by molar-refractivity contribution is 5.65. The van der Waals surface area contributed by atoms with E-state index in [1.54, 1.807) is 0 Å². The fourth-order valence-corrected chi connectivity index (χ4v) is 2.81. The molecule has 0 bridgehead atoms. The number of nitrogens with one attached hydrogen (secondary N) is 1. The van der Waals surface area contributed by atoms with Crippen LogP contribution in [0.5, 0.6) is 0 Å². The minimum absolute atomic E-state index is 0.0248. The standard InChI is InChI=1S/C13H25N3O3/c1-10-6-14-11(8-16(10)12(17)18)7-15-4-5-19-9-13(15,2)3/h10-11,14H,4-9H2,1-3H3,(H,17,18). The maximum Gasteiger partial charge on any atom is 0.407 e. The third-order valence-corrected chi connectivity index (χ3v) is 4.15. The average molecular weight is 271 g/mol. The Morgan fingerprint density at radius 2 is 2.26 bits per heavy atom. The Kier molecular flexibility index (Phi) is 4.32. The Balaban J connectivity index is 1.94. The number of rotatable bonds is 2. The van der Waals surface area contributed by atoms with Crippen molar-refractivity contribution in [2.75, 3.05) is 39.4 Å². The fourth-order valence-electron chi connectivity index (χ4n) is 2.81. The lowest BCUT2D eigenvalue weighted by molar-refractivity contribution is -0.0573. The number of morpholine rings is 1. The van der Waals surface area contributed by atoms with E-state index in [0.717, 1.165) is 32.8 Å². The van der Waals surface area contributed by atoms with Crippen molar-refractivity contribution in [1.82, 2.24) is 15.1 Å². The maximum absolute atomic E-state index is 11.2. The van der Waals surface area contributed by atoms with Crippen LogP contribution in [-0.2, 0) is 4.74 Å². The van der Waals surface area contributed by atoms with Gasteiger partial charge < -0.3 is 20.1 Å². The second kappa shape index (κ2) is 5.64. The van der Waals surface area contributed by atoms with Crippen LogP contribution in [0.3, 0.4) is 0 Å². The van der Waals surface area contributed by atoms with Gasteiger partial charge in [-0.3, -0.25) is 4.90 Å². The lowest BCUT2D eigenvalue weighted by Crippen LogP contribution is -2.63. The molecule has 2 aliphatic heterocycles. The van der Waals surface area contributed by atoms with E-state index in [-0.39, 0.29) is 17.6 Å². The van der Waals surface area contributed by atoms with Gasteiger partial charge in [-0.05, 0) is 20.8 Å². The zero-order valence-electron chi connectivity index (χ0n) is 12.1. The molecule has 0 aromatic rings. The van der Waals surface area contributed by atoms with Crippen molar-refractivity contribution in [1.29, 1.82) is 0 Å². The summed E-state index contributed by atoms with van der Waals surface area (Å²) in [5.41, 5.74) is 0.0248. The molecule has 0 radical (unpaired) electrons. The smallest absolute Gasteiger partial charge is 0.407 e. The molecule has 0 aromatic heterocycles. The molecule has 0 aromatic carbocycles. The van der Waals surface area contributed by atoms with Gasteiger partial charge in [0.25, 0.3) is 0 Å². The minimum atomic E-state index is -0.819. The third-order valence-electron chi connectivity index (χ3n) is 4.15. The van der Waals surface area contributed by atoms with Crippen molar-refractivity contribution >= 4 is 6.09 Å². The molecule has 6 nitrogen and oxygen atoms in total. The largest absolute Gasteiger partial charge is 0.465 e. The van der Waals surface area contributed by atoms with Gasteiger partial charge in [0.15, 0.2) is 0 Å². The SMILES string of the molecule is CC1CNC(CN2CCOCC2(C)C)CN1C(=O)O. The molecule has 2 rings (SSSR count). The minimum Gasteiger partial charge on any atom is -0.465 e. The molecule has 19 heavy (non-hydrogen) atoms. The van der Waals surface area contributed by atoms with Gasteiger partial charge in [0, 0.05) is 43.8 Å². The summed E-state index contributed by atoms with van der Waals surface area (Å²) < 4.78 is 5.51. The zero-order chi connectivity index (χ0) is 14.0. The van der Waals surface area contributed by atoms with E-state index in [1.807, 2.05) is 6.92 Å². The zero-order valence-corrected chi connectivity index (χ0v) is 12.1. The Labute approximate surface area is 114 Å². The monoisotopic (exact) mass is 271 g/mol. The number of piperazine rings is 1. The topological polar surface area (TPSA) is 65.0 Å². The summed E-state index contributed by atoms with van der Waals surface area (Å²) in [7, 11) is 0. The first-order chi connectivity index (χ1) is 8.90. The van der Waals surface area contributed by atoms with Crippen LogP contribution in [-0.4, -0.2) is 78.0 Å². The van der Waals surface area contributed by atoms with Gasteiger partial charge in [0.2, 0.25) is 0 Å². The quantitative estimate of drug-likeness (QED) is 0.763. The molecule has 110 valence electrons. The van der Waals surface area contributed by atoms with E-state index in [0.29, 0.717) is 6.54 Å². The van der Waals surface area contributed by atoms with Crippen LogP contribution < -0.4 is 5.32 Å². The third kappa shape index (κ3) is 3.38. The fraction of sp³-hybridized carbons (Fsp3) is 0.923. The van der Waals surface area contributed by atoms with Crippen LogP contribution >= 0.6 is 0 Å². The first-order valence-electron chi connectivity index (χ1n) is 6.96. The van der Waals surface area contributed by atoms with Gasteiger partial charge >= 0.3 is 6.09 Å². The molecule has 0 saturated carbocycles. The lowest BCUT2D eigenvalue weighted by Gasteiger charge is -2.46. The van der Waals surface area contributed by atoms with Crippen molar-refractivity contribution in [3.63, 3.8) is 0 Å². The Bertz CT molecular complexity index is 335. The molecule has 2 N–H and O–H groups in total. The summed E-state index contributed by atoms with van der Waals surface area (Å²) in [4.78, 5) is 15.1. The summed E-state index contributed by atoms with van der Waals surface area (Å²) in [6.45, 7) is 10.8. The molecule has 2 atom stereocenters. The summed E-state index contributed by atoms with van der Waals surface area (Å²) in [6.07, 6.45) is -0.819. The molecule has 2 unspecified atom stereocenters. The molecule has 0 spiro atoms. The van der Waals surface area contributed by atoms with Gasteiger partial charge in [-0.15, -0.1) is 0 Å². The Morgan fingerprint density at radius 1 is 1.53 bits per heavy atom. The molecule has 1 amide bonds. The van der Waals surface area contributed by atoms with Gasteiger partial charge in [-0.25, -0.2) is 4.79 Å². The van der Waals surface area contributed by atoms with Crippen LogP contribution in [0.25, 0.3) is 0 Å². The van der Waals surface area contributed by atoms with E-state index in [9.17, 15) is 9.90 Å². The molecule has 2 heterocycles. The molecule has 2 saturated heterocycles. The molecular weight excluding hydrogens is 246 g/mol. The van der Waals surface area contributed by atoms with Gasteiger partial charge in [-0.1, -0.05) is 0 Å². The van der Waals surface area contributed by atoms with Crippen LogP contribution in [0.4, 0.5) is 4.79 Å². The average Bonchev–Trinajstić information content (AvgIpc) is 2.33. The molecule has 2 aliphatic rings. The van der Waals surface area contributed by atoms with Gasteiger partial charge in [0.1, 0.15) is 0 Å². The normalized spacial score (nSPS) is 32.3. The van der Waals surface area contributed by atoms with E-state index >= 15 is 0 Å².